The average Bonchev–Trinajstić information content (AvgIpc) is 2.60. The second kappa shape index (κ2) is 8.60. The van der Waals surface area contributed by atoms with Gasteiger partial charge in [0.15, 0.2) is 0 Å². The topological polar surface area (TPSA) is 93.0 Å². The maximum Gasteiger partial charge on any atom is 0.283 e. The minimum Gasteiger partial charge on any atom is -0.199 e. The summed E-state index contributed by atoms with van der Waals surface area (Å²) in [5.41, 5.74) is 4.88. The fourth-order valence-corrected chi connectivity index (χ4v) is 6.93. The number of sulfonamides is 2. The predicted octanol–water partition coefficient (Wildman–Crippen LogP) is 4.62. The maximum atomic E-state index is 12.9. The lowest BCUT2D eigenvalue weighted by molar-refractivity contribution is 0.595. The SMILES string of the molecule is Cc1cc(C)c(S(=O)(=O)N=C2C=CC(=NS(=O)(=O)c3c(C)cc(C)cc3C)C=C2)c(C)c1. The number of rotatable bonds is 4. The molecule has 0 spiro atoms. The van der Waals surface area contributed by atoms with Gasteiger partial charge in [-0.05, 0) is 88.1 Å². The highest BCUT2D eigenvalue weighted by molar-refractivity contribution is 7.90. The summed E-state index contributed by atoms with van der Waals surface area (Å²) in [5.74, 6) is 0. The van der Waals surface area contributed by atoms with Crippen molar-refractivity contribution in [2.45, 2.75) is 51.3 Å². The quantitative estimate of drug-likeness (QED) is 0.609. The Morgan fingerprint density at radius 2 is 0.750 bits per heavy atom. The molecule has 0 amide bonds. The molecule has 0 N–H and O–H groups in total. The zero-order chi connectivity index (χ0) is 23.8. The molecule has 1 aliphatic rings. The van der Waals surface area contributed by atoms with Gasteiger partial charge in [-0.1, -0.05) is 35.4 Å². The fraction of sp³-hybridized carbons (Fsp3) is 0.250. The first-order valence-corrected chi connectivity index (χ1v) is 12.9. The van der Waals surface area contributed by atoms with E-state index < -0.39 is 20.0 Å². The summed E-state index contributed by atoms with van der Waals surface area (Å²) >= 11 is 0. The van der Waals surface area contributed by atoms with Gasteiger partial charge in [-0.3, -0.25) is 0 Å². The number of aryl methyl sites for hydroxylation is 6. The smallest absolute Gasteiger partial charge is 0.199 e. The van der Waals surface area contributed by atoms with Crippen LogP contribution in [0.25, 0.3) is 0 Å². The van der Waals surface area contributed by atoms with Gasteiger partial charge in [0, 0.05) is 0 Å². The first-order valence-electron chi connectivity index (χ1n) is 10.0. The number of nitrogens with zero attached hydrogens (tertiary/aromatic N) is 2. The summed E-state index contributed by atoms with van der Waals surface area (Å²) in [6, 6.07) is 7.21. The molecule has 0 radical (unpaired) electrons. The molecule has 8 heteroatoms. The summed E-state index contributed by atoms with van der Waals surface area (Å²) in [5, 5.41) is 0. The molecule has 0 bridgehead atoms. The van der Waals surface area contributed by atoms with Crippen molar-refractivity contribution in [1.82, 2.24) is 0 Å². The fourth-order valence-electron chi connectivity index (χ4n) is 4.09. The van der Waals surface area contributed by atoms with Gasteiger partial charge in [0.1, 0.15) is 0 Å². The third-order valence-electron chi connectivity index (χ3n) is 5.03. The number of benzene rings is 2. The standard InChI is InChI=1S/C24H26N2O4S2/c1-15-11-17(3)23(18(4)12-15)31(27,28)25-21-7-9-22(10-8-21)26-32(29,30)24-19(5)13-16(2)14-20(24)6/h7-14H,1-6H3. The molecule has 0 saturated carbocycles. The highest BCUT2D eigenvalue weighted by atomic mass is 32.2. The lowest BCUT2D eigenvalue weighted by Gasteiger charge is -2.11. The van der Waals surface area contributed by atoms with Crippen LogP contribution >= 0.6 is 0 Å². The van der Waals surface area contributed by atoms with E-state index in [-0.39, 0.29) is 21.2 Å². The molecule has 0 atom stereocenters. The van der Waals surface area contributed by atoms with Gasteiger partial charge in [-0.2, -0.15) is 25.6 Å². The summed E-state index contributed by atoms with van der Waals surface area (Å²) < 4.78 is 59.3. The van der Waals surface area contributed by atoms with Crippen molar-refractivity contribution in [1.29, 1.82) is 0 Å². The van der Waals surface area contributed by atoms with E-state index in [0.717, 1.165) is 11.1 Å². The average molecular weight is 471 g/mol. The summed E-state index contributed by atoms with van der Waals surface area (Å²) in [4.78, 5) is 0.370. The highest BCUT2D eigenvalue weighted by Gasteiger charge is 2.21. The van der Waals surface area contributed by atoms with E-state index in [1.165, 1.54) is 24.3 Å². The van der Waals surface area contributed by atoms with Gasteiger partial charge in [-0.15, -0.1) is 0 Å². The third-order valence-corrected chi connectivity index (χ3v) is 8.25. The second-order valence-corrected chi connectivity index (χ2v) is 11.2. The molecule has 3 rings (SSSR count). The molecular formula is C24H26N2O4S2. The molecule has 6 nitrogen and oxygen atoms in total. The Labute approximate surface area is 190 Å². The highest BCUT2D eigenvalue weighted by Crippen LogP contribution is 2.25. The minimum absolute atomic E-state index is 0.185. The van der Waals surface area contributed by atoms with E-state index >= 15 is 0 Å². The van der Waals surface area contributed by atoms with Crippen molar-refractivity contribution >= 4 is 31.5 Å². The van der Waals surface area contributed by atoms with Crippen LogP contribution in [0.15, 0.2) is 67.2 Å². The lowest BCUT2D eigenvalue weighted by Crippen LogP contribution is -2.10. The van der Waals surface area contributed by atoms with E-state index in [9.17, 15) is 16.8 Å². The monoisotopic (exact) mass is 470 g/mol. The van der Waals surface area contributed by atoms with E-state index in [2.05, 4.69) is 8.80 Å². The van der Waals surface area contributed by atoms with E-state index in [1.807, 2.05) is 13.8 Å². The molecule has 0 heterocycles. The van der Waals surface area contributed by atoms with Crippen LogP contribution in [0.4, 0.5) is 0 Å². The van der Waals surface area contributed by atoms with Crippen molar-refractivity contribution in [3.63, 3.8) is 0 Å². The molecular weight excluding hydrogens is 444 g/mol. The summed E-state index contributed by atoms with van der Waals surface area (Å²) in [7, 11) is -7.84. The van der Waals surface area contributed by atoms with Gasteiger partial charge in [0.25, 0.3) is 20.0 Å². The second-order valence-electron chi connectivity index (χ2n) is 8.10. The zero-order valence-corrected chi connectivity index (χ0v) is 20.6. The zero-order valence-electron chi connectivity index (χ0n) is 19.0. The molecule has 0 aliphatic heterocycles. The number of hydrogen-bond donors (Lipinski definition) is 0. The third kappa shape index (κ3) is 4.97. The molecule has 2 aromatic rings. The van der Waals surface area contributed by atoms with Crippen LogP contribution in [0.3, 0.4) is 0 Å². The Kier molecular flexibility index (Phi) is 6.40. The first-order chi connectivity index (χ1) is 14.8. The van der Waals surface area contributed by atoms with Crippen molar-refractivity contribution in [2.75, 3.05) is 0 Å². The van der Waals surface area contributed by atoms with Crippen molar-refractivity contribution in [2.24, 2.45) is 8.80 Å². The van der Waals surface area contributed by atoms with E-state index in [1.54, 1.807) is 52.0 Å². The molecule has 168 valence electrons. The van der Waals surface area contributed by atoms with E-state index in [4.69, 9.17) is 0 Å². The van der Waals surface area contributed by atoms with Crippen molar-refractivity contribution < 1.29 is 16.8 Å². The normalized spacial score (nSPS) is 14.1. The maximum absolute atomic E-state index is 12.9. The molecule has 32 heavy (non-hydrogen) atoms. The van der Waals surface area contributed by atoms with E-state index in [0.29, 0.717) is 22.3 Å². The van der Waals surface area contributed by atoms with Crippen LogP contribution in [0.2, 0.25) is 0 Å². The van der Waals surface area contributed by atoms with Crippen LogP contribution in [0.5, 0.6) is 0 Å². The Bertz CT molecular complexity index is 1270. The van der Waals surface area contributed by atoms with Crippen LogP contribution < -0.4 is 0 Å². The molecule has 0 fully saturated rings. The molecule has 0 unspecified atom stereocenters. The van der Waals surface area contributed by atoms with Crippen molar-refractivity contribution in [3.8, 4) is 0 Å². The molecule has 2 aromatic carbocycles. The summed E-state index contributed by atoms with van der Waals surface area (Å²) in [6.07, 6.45) is 5.78. The Morgan fingerprint density at radius 1 is 0.500 bits per heavy atom. The van der Waals surface area contributed by atoms with Gasteiger partial charge < -0.3 is 0 Å². The molecule has 0 saturated heterocycles. The Hall–Kier alpha value is -2.84. The molecule has 0 aromatic heterocycles. The van der Waals surface area contributed by atoms with Gasteiger partial charge >= 0.3 is 0 Å². The van der Waals surface area contributed by atoms with Crippen LogP contribution in [0.1, 0.15) is 33.4 Å². The van der Waals surface area contributed by atoms with Crippen LogP contribution in [0, 0.1) is 41.5 Å². The lowest BCUT2D eigenvalue weighted by atomic mass is 10.1. The van der Waals surface area contributed by atoms with Gasteiger partial charge in [0.05, 0.1) is 21.2 Å². The summed E-state index contributed by atoms with van der Waals surface area (Å²) in [6.45, 7) is 10.8. The number of hydrogen-bond acceptors (Lipinski definition) is 4. The van der Waals surface area contributed by atoms with Gasteiger partial charge in [-0.25, -0.2) is 0 Å². The largest absolute Gasteiger partial charge is 0.283 e. The van der Waals surface area contributed by atoms with Crippen LogP contribution in [-0.4, -0.2) is 28.3 Å². The molecule has 1 aliphatic carbocycles. The predicted molar refractivity (Wildman–Crippen MR) is 129 cm³/mol. The van der Waals surface area contributed by atoms with Gasteiger partial charge in [0.2, 0.25) is 0 Å². The minimum atomic E-state index is -3.92. The van der Waals surface area contributed by atoms with Crippen molar-refractivity contribution in [3.05, 3.63) is 82.0 Å². The Morgan fingerprint density at radius 3 is 1.00 bits per heavy atom. The van der Waals surface area contributed by atoms with Crippen LogP contribution in [-0.2, 0) is 20.0 Å². The first kappa shape index (κ1) is 23.8. The number of allylic oxidation sites excluding steroid dienone is 4. The Balaban J connectivity index is 1.94.